The standard InChI is InChI=1S/C46H38Cl2N6O8S2/c1-26-44(63-45(50)51-26)64(59,60)54-25-33-23-39-37(53(2)42(56)40(61-39)31-16-18-35(19-17-31)62-46(47,48)34-6-4-3-5-7-34)21-32(33)22-38(54)41(55)52-36(43(57)58)20-27-8-12-29(13-9-27)30-14-10-28(24-49)11-15-30/h3-19,21,23,36,38,40H,20,22,25H2,1-2H3,(H2,50,51)(H,52,55)(H,57,58). The average molecular weight is 938 g/mol. The number of alkyl halides is 2. The number of thiazole rings is 1. The molecule has 64 heavy (non-hydrogen) atoms. The number of carboxylic acids is 1. The molecule has 3 heterocycles. The van der Waals surface area contributed by atoms with Crippen molar-refractivity contribution < 1.29 is 37.4 Å². The number of hydrogen-bond acceptors (Lipinski definition) is 11. The van der Waals surface area contributed by atoms with Crippen LogP contribution in [0.1, 0.15) is 45.2 Å². The molecule has 0 saturated heterocycles. The molecular weight excluding hydrogens is 900 g/mol. The Bertz CT molecular complexity index is 2930. The lowest BCUT2D eigenvalue weighted by molar-refractivity contribution is -0.142. The predicted octanol–water partition coefficient (Wildman–Crippen LogP) is 7.26. The molecule has 3 atom stereocenters. The maximum absolute atomic E-state index is 14.5. The van der Waals surface area contributed by atoms with E-state index < -0.39 is 50.5 Å². The fraction of sp³-hybridized carbons (Fsp3) is 0.196. The third-order valence-electron chi connectivity index (χ3n) is 11.0. The number of aliphatic carboxylic acids is 1. The number of rotatable bonds is 12. The van der Waals surface area contributed by atoms with E-state index in [0.29, 0.717) is 50.6 Å². The Labute approximate surface area is 382 Å². The average Bonchev–Trinajstić information content (AvgIpc) is 3.65. The van der Waals surface area contributed by atoms with E-state index in [1.807, 2.05) is 30.3 Å². The SMILES string of the molecule is Cc1nc(N)sc1S(=O)(=O)N1Cc2cc3c(cc2CC1C(=O)NC(Cc1ccc(-c2ccc(C#N)cc2)cc1)C(=O)O)N(C)C(=O)C(c1ccc(OC(Cl)(Cl)c2ccccc2)cc1)O3. The number of aryl methyl sites for hydroxylation is 1. The molecule has 0 fully saturated rings. The van der Waals surface area contributed by atoms with Crippen LogP contribution < -0.4 is 25.4 Å². The molecule has 4 N–H and O–H groups in total. The number of anilines is 2. The number of nitrogens with one attached hydrogen (secondary N) is 1. The molecule has 3 unspecified atom stereocenters. The number of nitrogens with zero attached hydrogens (tertiary/aromatic N) is 4. The summed E-state index contributed by atoms with van der Waals surface area (Å²) in [6.45, 7) is 1.20. The van der Waals surface area contributed by atoms with Gasteiger partial charge in [0.2, 0.25) is 12.0 Å². The van der Waals surface area contributed by atoms with Crippen molar-refractivity contribution in [3.05, 3.63) is 154 Å². The maximum Gasteiger partial charge on any atom is 0.326 e. The van der Waals surface area contributed by atoms with Crippen LogP contribution in [0.2, 0.25) is 0 Å². The number of carbonyl (C=O) groups is 3. The number of benzene rings is 5. The molecule has 326 valence electrons. The fourth-order valence-electron chi connectivity index (χ4n) is 7.67. The van der Waals surface area contributed by atoms with E-state index in [1.165, 1.54) is 11.8 Å². The highest BCUT2D eigenvalue weighted by atomic mass is 35.5. The van der Waals surface area contributed by atoms with Crippen molar-refractivity contribution in [2.75, 3.05) is 17.7 Å². The molecule has 2 aliphatic rings. The number of nitrogens with two attached hydrogens (primary N) is 1. The third-order valence-corrected chi connectivity index (χ3v) is 15.1. The molecule has 0 saturated carbocycles. The maximum atomic E-state index is 14.5. The first-order valence-corrected chi connectivity index (χ1v) is 22.7. The van der Waals surface area contributed by atoms with Gasteiger partial charge in [0.1, 0.15) is 23.6 Å². The van der Waals surface area contributed by atoms with Crippen LogP contribution in [0.15, 0.2) is 119 Å². The van der Waals surface area contributed by atoms with E-state index in [9.17, 15) is 27.9 Å². The summed E-state index contributed by atoms with van der Waals surface area (Å²) in [6.07, 6.45) is -1.34. The molecule has 5 aromatic carbocycles. The lowest BCUT2D eigenvalue weighted by atomic mass is 9.93. The number of likely N-dealkylation sites (N-methyl/N-ethyl adjacent to an activating group) is 1. The number of nitrogen functional groups attached to an aromatic ring is 1. The highest BCUT2D eigenvalue weighted by Gasteiger charge is 2.44. The molecule has 0 aliphatic carbocycles. The van der Waals surface area contributed by atoms with Crippen molar-refractivity contribution in [1.29, 1.82) is 5.26 Å². The van der Waals surface area contributed by atoms with Crippen LogP contribution in [-0.2, 0) is 48.3 Å². The van der Waals surface area contributed by atoms with Crippen LogP contribution in [0.3, 0.4) is 0 Å². The summed E-state index contributed by atoms with van der Waals surface area (Å²) in [6, 6.07) is 32.1. The smallest absolute Gasteiger partial charge is 0.326 e. The summed E-state index contributed by atoms with van der Waals surface area (Å²) < 4.78 is 40.3. The van der Waals surface area contributed by atoms with Crippen LogP contribution in [0.4, 0.5) is 10.8 Å². The minimum Gasteiger partial charge on any atom is -0.480 e. The van der Waals surface area contributed by atoms with Crippen molar-refractivity contribution >= 4 is 73.2 Å². The largest absolute Gasteiger partial charge is 0.480 e. The van der Waals surface area contributed by atoms with E-state index in [0.717, 1.165) is 26.8 Å². The van der Waals surface area contributed by atoms with Gasteiger partial charge in [-0.25, -0.2) is 18.2 Å². The summed E-state index contributed by atoms with van der Waals surface area (Å²) in [5.41, 5.74) is 11.4. The third kappa shape index (κ3) is 8.85. The zero-order valence-electron chi connectivity index (χ0n) is 34.1. The van der Waals surface area contributed by atoms with Gasteiger partial charge in [-0.1, -0.05) is 113 Å². The number of hydrogen-bond donors (Lipinski definition) is 3. The molecule has 14 nitrogen and oxygen atoms in total. The van der Waals surface area contributed by atoms with Gasteiger partial charge >= 0.3 is 5.97 Å². The normalized spacial score (nSPS) is 16.7. The van der Waals surface area contributed by atoms with Crippen LogP contribution >= 0.6 is 34.5 Å². The molecule has 18 heteroatoms. The van der Waals surface area contributed by atoms with Gasteiger partial charge in [0.15, 0.2) is 9.34 Å². The first kappa shape index (κ1) is 44.1. The summed E-state index contributed by atoms with van der Waals surface area (Å²) in [5, 5.41) is 22.0. The van der Waals surface area contributed by atoms with Crippen LogP contribution in [0.25, 0.3) is 11.1 Å². The highest BCUT2D eigenvalue weighted by molar-refractivity contribution is 7.91. The van der Waals surface area contributed by atoms with Crippen LogP contribution in [0.5, 0.6) is 11.5 Å². The zero-order chi connectivity index (χ0) is 45.5. The Morgan fingerprint density at radius 3 is 2.28 bits per heavy atom. The number of fused-ring (bicyclic) bond motifs is 2. The first-order valence-electron chi connectivity index (χ1n) is 19.7. The lowest BCUT2D eigenvalue weighted by Gasteiger charge is -2.38. The number of carboxylic acid groups (broad SMARTS) is 1. The molecule has 2 aliphatic heterocycles. The molecule has 0 spiro atoms. The summed E-state index contributed by atoms with van der Waals surface area (Å²) in [5.74, 6) is -1.91. The summed E-state index contributed by atoms with van der Waals surface area (Å²) in [4.78, 5) is 46.3. The lowest BCUT2D eigenvalue weighted by Crippen LogP contribution is -2.55. The second kappa shape index (κ2) is 17.6. The number of nitriles is 1. The molecular formula is C46H38Cl2N6O8S2. The molecule has 0 bridgehead atoms. The molecule has 0 radical (unpaired) electrons. The Hall–Kier alpha value is -6.48. The van der Waals surface area contributed by atoms with Gasteiger partial charge in [-0.05, 0) is 77.6 Å². The summed E-state index contributed by atoms with van der Waals surface area (Å²) in [7, 11) is -2.85. The molecule has 1 aromatic heterocycles. The number of ether oxygens (including phenoxy) is 2. The Morgan fingerprint density at radius 2 is 1.67 bits per heavy atom. The van der Waals surface area contributed by atoms with E-state index >= 15 is 0 Å². The van der Waals surface area contributed by atoms with Crippen molar-refractivity contribution in [2.45, 2.75) is 53.2 Å². The number of halogens is 2. The fourth-order valence-corrected chi connectivity index (χ4v) is 11.1. The van der Waals surface area contributed by atoms with E-state index in [1.54, 1.807) is 92.0 Å². The van der Waals surface area contributed by atoms with Gasteiger partial charge in [0.25, 0.3) is 20.4 Å². The van der Waals surface area contributed by atoms with Gasteiger partial charge in [0, 0.05) is 31.1 Å². The van der Waals surface area contributed by atoms with Gasteiger partial charge in [0.05, 0.1) is 23.0 Å². The van der Waals surface area contributed by atoms with Crippen molar-refractivity contribution in [2.24, 2.45) is 0 Å². The van der Waals surface area contributed by atoms with Gasteiger partial charge in [-0.15, -0.1) is 0 Å². The van der Waals surface area contributed by atoms with E-state index in [2.05, 4.69) is 16.4 Å². The highest BCUT2D eigenvalue weighted by Crippen LogP contribution is 2.44. The Balaban J connectivity index is 1.05. The van der Waals surface area contributed by atoms with E-state index in [-0.39, 0.29) is 34.4 Å². The van der Waals surface area contributed by atoms with Gasteiger partial charge < -0.3 is 30.5 Å². The molecule has 6 aromatic rings. The molecule has 2 amide bonds. The number of carbonyl (C=O) groups excluding carboxylic acids is 2. The van der Waals surface area contributed by atoms with Crippen LogP contribution in [-0.4, -0.2) is 59.7 Å². The van der Waals surface area contributed by atoms with E-state index in [4.69, 9.17) is 43.7 Å². The van der Waals surface area contributed by atoms with Crippen molar-refractivity contribution in [1.82, 2.24) is 14.6 Å². The zero-order valence-corrected chi connectivity index (χ0v) is 37.2. The summed E-state index contributed by atoms with van der Waals surface area (Å²) >= 11 is 13.8. The second-order valence-corrected chi connectivity index (χ2v) is 19.6. The monoisotopic (exact) mass is 936 g/mol. The van der Waals surface area contributed by atoms with Gasteiger partial charge in [-0.2, -0.15) is 9.57 Å². The van der Waals surface area contributed by atoms with Crippen molar-refractivity contribution in [3.63, 3.8) is 0 Å². The van der Waals surface area contributed by atoms with Crippen molar-refractivity contribution in [3.8, 4) is 28.7 Å². The quantitative estimate of drug-likeness (QED) is 0.104. The second-order valence-electron chi connectivity index (χ2n) is 15.2. The first-order chi connectivity index (χ1) is 30.5. The minimum atomic E-state index is -4.44. The van der Waals surface area contributed by atoms with Gasteiger partial charge in [-0.3, -0.25) is 9.59 Å². The number of amides is 2. The Morgan fingerprint density at radius 1 is 1.02 bits per heavy atom. The minimum absolute atomic E-state index is 0.0206. The Kier molecular flexibility index (Phi) is 12.1. The molecule has 8 rings (SSSR count). The predicted molar refractivity (Wildman–Crippen MR) is 241 cm³/mol. The number of aromatic nitrogens is 1. The topological polar surface area (TPSA) is 205 Å². The van der Waals surface area contributed by atoms with Crippen LogP contribution in [0, 0.1) is 18.3 Å². The number of sulfonamides is 1.